The van der Waals surface area contributed by atoms with E-state index in [0.717, 1.165) is 36.4 Å². The van der Waals surface area contributed by atoms with Gasteiger partial charge in [-0.1, -0.05) is 13.8 Å². The van der Waals surface area contributed by atoms with Crippen LogP contribution in [-0.4, -0.2) is 77.8 Å². The third-order valence-corrected chi connectivity index (χ3v) is 7.75. The maximum atomic E-state index is 12.9. The fraction of sp³-hybridized carbons (Fsp3) is 0.520. The van der Waals surface area contributed by atoms with Gasteiger partial charge in [0.2, 0.25) is 11.8 Å². The van der Waals surface area contributed by atoms with Crippen molar-refractivity contribution in [1.82, 2.24) is 14.8 Å². The highest BCUT2D eigenvalue weighted by atomic mass is 32.1. The van der Waals surface area contributed by atoms with Crippen LogP contribution in [0.4, 0.5) is 11.4 Å². The molecule has 3 amide bonds. The molecule has 0 radical (unpaired) electrons. The van der Waals surface area contributed by atoms with Gasteiger partial charge >= 0.3 is 0 Å². The van der Waals surface area contributed by atoms with E-state index in [-0.39, 0.29) is 23.8 Å². The molecule has 0 aliphatic carbocycles. The molecule has 3 aliphatic heterocycles. The van der Waals surface area contributed by atoms with Gasteiger partial charge in [-0.2, -0.15) is 0 Å². The van der Waals surface area contributed by atoms with Crippen molar-refractivity contribution < 1.29 is 14.4 Å². The Labute approximate surface area is 204 Å². The van der Waals surface area contributed by atoms with E-state index < -0.39 is 0 Å². The maximum Gasteiger partial charge on any atom is 0.282 e. The lowest BCUT2D eigenvalue weighted by atomic mass is 10.1. The van der Waals surface area contributed by atoms with Crippen LogP contribution < -0.4 is 9.80 Å². The number of benzene rings is 1. The molecule has 2 saturated heterocycles. The maximum absolute atomic E-state index is 12.9. The SMILES string of the molecule is CC(C)CC(=O)N1CCc2cc(N3CC(N4CCN(C(=O)c5nccs5)CC4)CC3=O)ccc21. The number of aromatic nitrogens is 1. The van der Waals surface area contributed by atoms with E-state index in [2.05, 4.69) is 29.8 Å². The lowest BCUT2D eigenvalue weighted by Crippen LogP contribution is -2.52. The van der Waals surface area contributed by atoms with E-state index in [0.29, 0.717) is 49.9 Å². The number of hydrogen-bond acceptors (Lipinski definition) is 6. The van der Waals surface area contributed by atoms with Crippen molar-refractivity contribution in [2.75, 3.05) is 49.1 Å². The highest BCUT2D eigenvalue weighted by molar-refractivity contribution is 7.11. The topological polar surface area (TPSA) is 77.1 Å². The second-order valence-electron chi connectivity index (χ2n) is 9.73. The molecule has 1 aromatic heterocycles. The molecule has 3 aliphatic rings. The van der Waals surface area contributed by atoms with Gasteiger partial charge in [0.25, 0.3) is 5.91 Å². The number of anilines is 2. The summed E-state index contributed by atoms with van der Waals surface area (Å²) in [5, 5.41) is 2.36. The van der Waals surface area contributed by atoms with E-state index in [4.69, 9.17) is 0 Å². The molecule has 8 nitrogen and oxygen atoms in total. The fourth-order valence-electron chi connectivity index (χ4n) is 5.21. The van der Waals surface area contributed by atoms with Gasteiger partial charge in [0.1, 0.15) is 0 Å². The molecule has 1 aromatic carbocycles. The largest absolute Gasteiger partial charge is 0.334 e. The average Bonchev–Trinajstić information content (AvgIpc) is 3.57. The van der Waals surface area contributed by atoms with Crippen molar-refractivity contribution in [2.45, 2.75) is 39.2 Å². The van der Waals surface area contributed by atoms with E-state index in [9.17, 15) is 14.4 Å². The minimum absolute atomic E-state index is 0.00200. The van der Waals surface area contributed by atoms with Crippen molar-refractivity contribution in [3.05, 3.63) is 40.3 Å². The second-order valence-corrected chi connectivity index (χ2v) is 10.6. The predicted molar refractivity (Wildman–Crippen MR) is 132 cm³/mol. The zero-order valence-electron chi connectivity index (χ0n) is 19.8. The van der Waals surface area contributed by atoms with Crippen molar-refractivity contribution in [3.8, 4) is 0 Å². The summed E-state index contributed by atoms with van der Waals surface area (Å²) in [5.41, 5.74) is 3.04. The lowest BCUT2D eigenvalue weighted by molar-refractivity contribution is -0.119. The number of rotatable bonds is 5. The molecular weight excluding hydrogens is 450 g/mol. The van der Waals surface area contributed by atoms with E-state index >= 15 is 0 Å². The first-order chi connectivity index (χ1) is 16.4. The third-order valence-electron chi connectivity index (χ3n) is 6.99. The Balaban J connectivity index is 1.21. The van der Waals surface area contributed by atoms with Crippen molar-refractivity contribution in [1.29, 1.82) is 0 Å². The molecule has 1 atom stereocenters. The standard InChI is InChI=1S/C25H31N5O3S/c1-17(2)13-22(31)29-7-5-18-14-19(3-4-21(18)29)30-16-20(15-23(30)32)27-8-10-28(11-9-27)25(33)24-26-6-12-34-24/h3-4,6,12,14,17,20H,5,7-11,13,15-16H2,1-2H3. The van der Waals surface area contributed by atoms with Gasteiger partial charge in [-0.15, -0.1) is 11.3 Å². The van der Waals surface area contributed by atoms with Gasteiger partial charge in [-0.3, -0.25) is 19.3 Å². The number of hydrogen-bond donors (Lipinski definition) is 0. The molecule has 5 rings (SSSR count). The van der Waals surface area contributed by atoms with Crippen LogP contribution in [-0.2, 0) is 16.0 Å². The number of carbonyl (C=O) groups is 3. The summed E-state index contributed by atoms with van der Waals surface area (Å²) in [5.74, 6) is 0.642. The Morgan fingerprint density at radius 3 is 2.65 bits per heavy atom. The Kier molecular flexibility index (Phi) is 6.40. The fourth-order valence-corrected chi connectivity index (χ4v) is 5.81. The zero-order chi connectivity index (χ0) is 23.8. The Hall–Kier alpha value is -2.78. The molecule has 0 bridgehead atoms. The van der Waals surface area contributed by atoms with Crippen molar-refractivity contribution in [3.63, 3.8) is 0 Å². The van der Waals surface area contributed by atoms with Gasteiger partial charge in [-0.25, -0.2) is 4.98 Å². The smallest absolute Gasteiger partial charge is 0.282 e. The average molecular weight is 482 g/mol. The number of fused-ring (bicyclic) bond motifs is 1. The first-order valence-corrected chi connectivity index (χ1v) is 12.9. The molecule has 0 spiro atoms. The molecule has 2 fully saturated rings. The zero-order valence-corrected chi connectivity index (χ0v) is 20.6. The van der Waals surface area contributed by atoms with Crippen LogP contribution in [0.1, 0.15) is 42.1 Å². The van der Waals surface area contributed by atoms with Gasteiger partial charge in [0.15, 0.2) is 5.01 Å². The van der Waals surface area contributed by atoms with Crippen LogP contribution >= 0.6 is 11.3 Å². The molecule has 0 saturated carbocycles. The molecule has 9 heteroatoms. The Bertz CT molecular complexity index is 1080. The normalized spacial score (nSPS) is 21.0. The first kappa shape index (κ1) is 23.0. The molecule has 180 valence electrons. The summed E-state index contributed by atoms with van der Waals surface area (Å²) >= 11 is 1.37. The summed E-state index contributed by atoms with van der Waals surface area (Å²) in [7, 11) is 0. The van der Waals surface area contributed by atoms with Crippen LogP contribution in [0.15, 0.2) is 29.8 Å². The molecule has 0 N–H and O–H groups in total. The van der Waals surface area contributed by atoms with Crippen LogP contribution in [0.2, 0.25) is 0 Å². The molecular formula is C25H31N5O3S. The monoisotopic (exact) mass is 481 g/mol. The molecule has 4 heterocycles. The Morgan fingerprint density at radius 1 is 1.15 bits per heavy atom. The number of piperazine rings is 1. The minimum Gasteiger partial charge on any atom is -0.334 e. The van der Waals surface area contributed by atoms with Gasteiger partial charge in [0, 0.05) is 81.1 Å². The Morgan fingerprint density at radius 2 is 1.94 bits per heavy atom. The predicted octanol–water partition coefficient (Wildman–Crippen LogP) is 2.64. The van der Waals surface area contributed by atoms with Crippen molar-refractivity contribution >= 4 is 40.4 Å². The molecule has 2 aromatic rings. The first-order valence-electron chi connectivity index (χ1n) is 12.1. The van der Waals surface area contributed by atoms with E-state index in [1.165, 1.54) is 11.3 Å². The van der Waals surface area contributed by atoms with Gasteiger partial charge in [0.05, 0.1) is 0 Å². The van der Waals surface area contributed by atoms with Crippen LogP contribution in [0, 0.1) is 5.92 Å². The summed E-state index contributed by atoms with van der Waals surface area (Å²) in [6.45, 7) is 8.33. The van der Waals surface area contributed by atoms with Gasteiger partial charge in [-0.05, 0) is 36.1 Å². The van der Waals surface area contributed by atoms with Gasteiger partial charge < -0.3 is 14.7 Å². The number of nitrogens with zero attached hydrogens (tertiary/aromatic N) is 5. The highest BCUT2D eigenvalue weighted by Gasteiger charge is 2.37. The quantitative estimate of drug-likeness (QED) is 0.656. The van der Waals surface area contributed by atoms with E-state index in [1.54, 1.807) is 6.20 Å². The number of amides is 3. The van der Waals surface area contributed by atoms with E-state index in [1.807, 2.05) is 32.2 Å². The minimum atomic E-state index is -0.00200. The van der Waals surface area contributed by atoms with Crippen molar-refractivity contribution in [2.24, 2.45) is 5.92 Å². The summed E-state index contributed by atoms with van der Waals surface area (Å²) in [6.07, 6.45) is 3.53. The number of carbonyl (C=O) groups excluding carboxylic acids is 3. The summed E-state index contributed by atoms with van der Waals surface area (Å²) in [6, 6.07) is 6.22. The second kappa shape index (κ2) is 9.46. The summed E-state index contributed by atoms with van der Waals surface area (Å²) in [4.78, 5) is 50.2. The highest BCUT2D eigenvalue weighted by Crippen LogP contribution is 2.34. The molecule has 34 heavy (non-hydrogen) atoms. The summed E-state index contributed by atoms with van der Waals surface area (Å²) < 4.78 is 0. The van der Waals surface area contributed by atoms with Crippen LogP contribution in [0.3, 0.4) is 0 Å². The third kappa shape index (κ3) is 4.46. The number of thiazole rings is 1. The lowest BCUT2D eigenvalue weighted by Gasteiger charge is -2.37. The van der Waals surface area contributed by atoms with Crippen LogP contribution in [0.5, 0.6) is 0 Å². The molecule has 1 unspecified atom stereocenters. The van der Waals surface area contributed by atoms with Crippen LogP contribution in [0.25, 0.3) is 0 Å².